The molecule has 0 aliphatic heterocycles. The maximum Gasteiger partial charge on any atom is 0.258 e. The van der Waals surface area contributed by atoms with E-state index in [-0.39, 0.29) is 23.5 Å². The Kier molecular flexibility index (Phi) is 4.42. The van der Waals surface area contributed by atoms with Crippen LogP contribution in [-0.2, 0) is 11.4 Å². The highest BCUT2D eigenvalue weighted by molar-refractivity contribution is 7.15. The number of amides is 1. The minimum absolute atomic E-state index is 0.104. The highest BCUT2D eigenvalue weighted by atomic mass is 32.1. The Balaban J connectivity index is 1.11. The van der Waals surface area contributed by atoms with Crippen LogP contribution in [0.1, 0.15) is 44.2 Å². The number of nitrogens with zero attached hydrogens (tertiary/aromatic N) is 2. The van der Waals surface area contributed by atoms with E-state index in [2.05, 4.69) is 10.3 Å². The number of thiazole rings is 1. The van der Waals surface area contributed by atoms with Crippen LogP contribution in [-0.4, -0.2) is 15.3 Å². The molecule has 4 saturated carbocycles. The number of aromatic nitrogens is 2. The molecule has 4 aliphatic rings. The normalized spacial score (nSPS) is 28.7. The Morgan fingerprint density at radius 3 is 2.48 bits per heavy atom. The number of benzene rings is 1. The van der Waals surface area contributed by atoms with Gasteiger partial charge in [0.2, 0.25) is 5.91 Å². The highest BCUT2D eigenvalue weighted by Gasteiger charge is 2.54. The van der Waals surface area contributed by atoms with E-state index in [1.165, 1.54) is 41.1 Å². The van der Waals surface area contributed by atoms with E-state index < -0.39 is 0 Å². The van der Waals surface area contributed by atoms with Crippen molar-refractivity contribution >= 4 is 27.9 Å². The Morgan fingerprint density at radius 2 is 1.81 bits per heavy atom. The molecule has 1 N–H and O–H groups in total. The molecule has 31 heavy (non-hydrogen) atoms. The van der Waals surface area contributed by atoms with Crippen LogP contribution in [0.4, 0.5) is 5.69 Å². The Hall–Kier alpha value is -2.67. The number of hydrogen-bond acceptors (Lipinski definition) is 5. The molecule has 0 radical (unpaired) electrons. The maximum atomic E-state index is 13.2. The molecule has 7 rings (SSSR count). The molecule has 1 aromatic carbocycles. The van der Waals surface area contributed by atoms with Gasteiger partial charge in [0, 0.05) is 23.3 Å². The summed E-state index contributed by atoms with van der Waals surface area (Å²) in [5.74, 6) is 3.14. The van der Waals surface area contributed by atoms with E-state index in [1.54, 1.807) is 6.20 Å². The summed E-state index contributed by atoms with van der Waals surface area (Å²) in [6.07, 6.45) is 8.91. The van der Waals surface area contributed by atoms with Gasteiger partial charge in [-0.1, -0.05) is 0 Å². The number of anilines is 1. The fourth-order valence-corrected chi connectivity index (χ4v) is 7.14. The Labute approximate surface area is 184 Å². The molecule has 2 heterocycles. The minimum Gasteiger partial charge on any atom is -0.487 e. The van der Waals surface area contributed by atoms with Crippen LogP contribution < -0.4 is 15.6 Å². The van der Waals surface area contributed by atoms with Crippen molar-refractivity contribution in [3.05, 3.63) is 58.0 Å². The number of nitrogens with one attached hydrogen (secondary N) is 1. The average molecular weight is 436 g/mol. The number of carbonyl (C=O) groups is 1. The fourth-order valence-electron chi connectivity index (χ4n) is 6.41. The van der Waals surface area contributed by atoms with Crippen molar-refractivity contribution in [3.8, 4) is 5.75 Å². The lowest BCUT2D eigenvalue weighted by Crippen LogP contribution is -2.51. The summed E-state index contributed by atoms with van der Waals surface area (Å²) < 4.78 is 7.34. The third kappa shape index (κ3) is 3.45. The van der Waals surface area contributed by atoms with E-state index in [9.17, 15) is 9.59 Å². The predicted molar refractivity (Wildman–Crippen MR) is 119 cm³/mol. The first-order valence-electron chi connectivity index (χ1n) is 11.1. The van der Waals surface area contributed by atoms with Crippen molar-refractivity contribution in [2.75, 3.05) is 5.32 Å². The van der Waals surface area contributed by atoms with Gasteiger partial charge in [-0.15, -0.1) is 11.3 Å². The zero-order valence-electron chi connectivity index (χ0n) is 17.3. The van der Waals surface area contributed by atoms with Crippen LogP contribution in [0.3, 0.4) is 0 Å². The molecule has 3 aromatic rings. The molecule has 0 saturated heterocycles. The van der Waals surface area contributed by atoms with Crippen molar-refractivity contribution in [1.82, 2.24) is 9.38 Å². The van der Waals surface area contributed by atoms with Crippen LogP contribution in [0.2, 0.25) is 0 Å². The summed E-state index contributed by atoms with van der Waals surface area (Å²) in [5, 5.41) is 5.01. The monoisotopic (exact) mass is 435 g/mol. The lowest BCUT2D eigenvalue weighted by atomic mass is 9.49. The van der Waals surface area contributed by atoms with Gasteiger partial charge in [0.1, 0.15) is 12.4 Å². The number of fused-ring (bicyclic) bond motifs is 1. The maximum absolute atomic E-state index is 13.2. The van der Waals surface area contributed by atoms with Crippen LogP contribution >= 0.6 is 11.3 Å². The summed E-state index contributed by atoms with van der Waals surface area (Å²) in [6.45, 7) is 0.225. The molecular weight excluding hydrogens is 410 g/mol. The van der Waals surface area contributed by atoms with Crippen LogP contribution in [0.15, 0.2) is 46.7 Å². The molecule has 6 nitrogen and oxygen atoms in total. The highest BCUT2D eigenvalue weighted by Crippen LogP contribution is 2.60. The number of ether oxygens (including phenoxy) is 1. The summed E-state index contributed by atoms with van der Waals surface area (Å²) >= 11 is 1.42. The molecule has 4 fully saturated rings. The molecule has 0 spiro atoms. The number of hydrogen-bond donors (Lipinski definition) is 1. The SMILES string of the molecule is O=C(Nc1ccc(OCc2cc(=O)n3ccsc3n2)cc1)C12CC3CC(CC(C3)C1)C2. The minimum atomic E-state index is -0.149. The predicted octanol–water partition coefficient (Wildman–Crippen LogP) is 4.49. The zero-order valence-corrected chi connectivity index (χ0v) is 18.1. The second kappa shape index (κ2) is 7.19. The molecule has 160 valence electrons. The zero-order chi connectivity index (χ0) is 21.0. The van der Waals surface area contributed by atoms with E-state index >= 15 is 0 Å². The van der Waals surface area contributed by atoms with Crippen LogP contribution in [0.5, 0.6) is 5.75 Å². The average Bonchev–Trinajstić information content (AvgIpc) is 3.22. The van der Waals surface area contributed by atoms with Gasteiger partial charge in [0.15, 0.2) is 4.96 Å². The molecule has 4 bridgehead atoms. The van der Waals surface area contributed by atoms with Crippen molar-refractivity contribution in [3.63, 3.8) is 0 Å². The summed E-state index contributed by atoms with van der Waals surface area (Å²) in [4.78, 5) is 30.4. The Bertz CT molecular complexity index is 1160. The topological polar surface area (TPSA) is 72.7 Å². The van der Waals surface area contributed by atoms with E-state index in [4.69, 9.17) is 4.74 Å². The molecule has 2 aromatic heterocycles. The standard InChI is InChI=1S/C24H25N3O3S/c28-21-10-19(26-23-27(21)5-6-31-23)14-30-20-3-1-18(2-4-20)25-22(29)24-11-15-7-16(12-24)9-17(8-15)13-24/h1-6,10,15-17H,7-9,11-14H2,(H,25,29). The van der Waals surface area contributed by atoms with Crippen LogP contribution in [0.25, 0.3) is 4.96 Å². The first-order valence-corrected chi connectivity index (χ1v) is 11.9. The molecule has 7 heteroatoms. The second-order valence-electron chi connectivity index (χ2n) is 9.61. The lowest BCUT2D eigenvalue weighted by molar-refractivity contribution is -0.140. The number of carbonyl (C=O) groups excluding carboxylic acids is 1. The summed E-state index contributed by atoms with van der Waals surface area (Å²) in [5.41, 5.74) is 1.16. The lowest BCUT2D eigenvalue weighted by Gasteiger charge is -2.55. The summed E-state index contributed by atoms with van der Waals surface area (Å²) in [6, 6.07) is 8.98. The third-order valence-corrected chi connectivity index (χ3v) is 8.13. The van der Waals surface area contributed by atoms with Crippen molar-refractivity contribution in [2.24, 2.45) is 23.2 Å². The molecule has 1 amide bonds. The van der Waals surface area contributed by atoms with E-state index in [1.807, 2.05) is 29.6 Å². The molecular formula is C24H25N3O3S. The molecule has 0 atom stereocenters. The van der Waals surface area contributed by atoms with Gasteiger partial charge in [0.25, 0.3) is 5.56 Å². The van der Waals surface area contributed by atoms with Gasteiger partial charge in [-0.2, -0.15) is 0 Å². The van der Waals surface area contributed by atoms with Gasteiger partial charge in [-0.05, 0) is 80.5 Å². The van der Waals surface area contributed by atoms with Gasteiger partial charge in [-0.25, -0.2) is 4.98 Å². The quantitative estimate of drug-likeness (QED) is 0.641. The van der Waals surface area contributed by atoms with Gasteiger partial charge in [0.05, 0.1) is 11.1 Å². The largest absolute Gasteiger partial charge is 0.487 e. The molecule has 0 unspecified atom stereocenters. The van der Waals surface area contributed by atoms with E-state index in [0.717, 1.165) is 42.7 Å². The third-order valence-electron chi connectivity index (χ3n) is 7.38. The summed E-state index contributed by atoms with van der Waals surface area (Å²) in [7, 11) is 0. The van der Waals surface area contributed by atoms with Crippen molar-refractivity contribution in [1.29, 1.82) is 0 Å². The first kappa shape index (κ1) is 19.0. The molecule has 4 aliphatic carbocycles. The first-order chi connectivity index (χ1) is 15.1. The Morgan fingerprint density at radius 1 is 1.13 bits per heavy atom. The van der Waals surface area contributed by atoms with E-state index in [0.29, 0.717) is 16.4 Å². The second-order valence-corrected chi connectivity index (χ2v) is 10.5. The van der Waals surface area contributed by atoms with Gasteiger partial charge in [-0.3, -0.25) is 14.0 Å². The number of rotatable bonds is 5. The smallest absolute Gasteiger partial charge is 0.258 e. The van der Waals surface area contributed by atoms with Crippen LogP contribution in [0, 0.1) is 23.2 Å². The van der Waals surface area contributed by atoms with Gasteiger partial charge >= 0.3 is 0 Å². The van der Waals surface area contributed by atoms with Crippen molar-refractivity contribution < 1.29 is 9.53 Å². The fraction of sp³-hybridized carbons (Fsp3) is 0.458. The van der Waals surface area contributed by atoms with Gasteiger partial charge < -0.3 is 10.1 Å². The van der Waals surface area contributed by atoms with Crippen molar-refractivity contribution in [2.45, 2.75) is 45.1 Å².